The molecule has 17 heavy (non-hydrogen) atoms. The Balaban J connectivity index is 2.17. The third-order valence-electron chi connectivity index (χ3n) is 3.50. The van der Waals surface area contributed by atoms with E-state index in [1.807, 2.05) is 4.57 Å². The summed E-state index contributed by atoms with van der Waals surface area (Å²) in [6.45, 7) is 2.16. The zero-order chi connectivity index (χ0) is 12.2. The molecule has 0 amide bonds. The van der Waals surface area contributed by atoms with Gasteiger partial charge in [-0.1, -0.05) is 13.3 Å². The van der Waals surface area contributed by atoms with E-state index in [1.54, 1.807) is 6.07 Å². The molecule has 0 bridgehead atoms. The van der Waals surface area contributed by atoms with Gasteiger partial charge in [-0.3, -0.25) is 0 Å². The van der Waals surface area contributed by atoms with Gasteiger partial charge in [0, 0.05) is 12.1 Å². The van der Waals surface area contributed by atoms with Gasteiger partial charge in [-0.15, -0.1) is 0 Å². The summed E-state index contributed by atoms with van der Waals surface area (Å²) < 4.78 is 16.0. The van der Waals surface area contributed by atoms with Crippen molar-refractivity contribution in [3.05, 3.63) is 22.4 Å². The molecule has 0 radical (unpaired) electrons. The van der Waals surface area contributed by atoms with Crippen LogP contribution >= 0.6 is 15.9 Å². The van der Waals surface area contributed by atoms with Crippen molar-refractivity contribution in [2.45, 2.75) is 25.8 Å². The number of benzene rings is 1. The third kappa shape index (κ3) is 1.64. The van der Waals surface area contributed by atoms with Gasteiger partial charge in [-0.05, 0) is 34.3 Å². The van der Waals surface area contributed by atoms with Crippen molar-refractivity contribution < 1.29 is 4.39 Å². The maximum Gasteiger partial charge on any atom is 0.201 e. The second-order valence-corrected chi connectivity index (χ2v) is 5.42. The topological polar surface area (TPSA) is 43.8 Å². The minimum absolute atomic E-state index is 0.271. The van der Waals surface area contributed by atoms with Crippen LogP contribution in [0, 0.1) is 11.7 Å². The minimum atomic E-state index is -0.271. The van der Waals surface area contributed by atoms with Crippen LogP contribution in [0.15, 0.2) is 16.6 Å². The molecular formula is C12H13BrFN3. The van der Waals surface area contributed by atoms with Crippen LogP contribution in [0.3, 0.4) is 0 Å². The Morgan fingerprint density at radius 1 is 1.59 bits per heavy atom. The Labute approximate surface area is 107 Å². The highest BCUT2D eigenvalue weighted by molar-refractivity contribution is 9.10. The number of imidazole rings is 1. The van der Waals surface area contributed by atoms with Crippen molar-refractivity contribution in [3.63, 3.8) is 0 Å². The molecule has 1 fully saturated rings. The van der Waals surface area contributed by atoms with Gasteiger partial charge in [-0.2, -0.15) is 0 Å². The first-order valence-electron chi connectivity index (χ1n) is 5.74. The van der Waals surface area contributed by atoms with Gasteiger partial charge in [-0.25, -0.2) is 9.37 Å². The summed E-state index contributed by atoms with van der Waals surface area (Å²) in [5, 5.41) is 0. The van der Waals surface area contributed by atoms with E-state index in [0.717, 1.165) is 23.9 Å². The molecule has 1 saturated carbocycles. The number of fused-ring (bicyclic) bond motifs is 1. The quantitative estimate of drug-likeness (QED) is 0.922. The number of nitrogens with zero attached hydrogens (tertiary/aromatic N) is 2. The highest BCUT2D eigenvalue weighted by Gasteiger charge is 2.39. The van der Waals surface area contributed by atoms with Crippen LogP contribution in [-0.2, 0) is 0 Å². The van der Waals surface area contributed by atoms with Gasteiger partial charge >= 0.3 is 0 Å². The van der Waals surface area contributed by atoms with Crippen molar-refractivity contribution >= 4 is 32.9 Å². The zero-order valence-electron chi connectivity index (χ0n) is 9.45. The molecule has 1 heterocycles. The summed E-state index contributed by atoms with van der Waals surface area (Å²) >= 11 is 3.16. The molecule has 3 nitrogen and oxygen atoms in total. The molecule has 2 unspecified atom stereocenters. The fourth-order valence-electron chi connectivity index (χ4n) is 2.44. The average Bonchev–Trinajstić information content (AvgIpc) is 2.98. The van der Waals surface area contributed by atoms with Crippen molar-refractivity contribution in [2.75, 3.05) is 5.73 Å². The predicted molar refractivity (Wildman–Crippen MR) is 69.2 cm³/mol. The monoisotopic (exact) mass is 297 g/mol. The van der Waals surface area contributed by atoms with Gasteiger partial charge in [0.05, 0.1) is 15.5 Å². The maximum atomic E-state index is 13.6. The van der Waals surface area contributed by atoms with E-state index in [1.165, 1.54) is 6.07 Å². The average molecular weight is 298 g/mol. The lowest BCUT2D eigenvalue weighted by molar-refractivity contribution is 0.619. The van der Waals surface area contributed by atoms with Crippen molar-refractivity contribution in [1.82, 2.24) is 9.55 Å². The van der Waals surface area contributed by atoms with Crippen LogP contribution in [0.4, 0.5) is 10.3 Å². The number of nitrogens with two attached hydrogens (primary N) is 1. The van der Waals surface area contributed by atoms with Crippen molar-refractivity contribution in [3.8, 4) is 0 Å². The maximum absolute atomic E-state index is 13.6. The highest BCUT2D eigenvalue weighted by Crippen LogP contribution is 2.48. The number of nitrogen functional groups attached to an aromatic ring is 1. The van der Waals surface area contributed by atoms with Crippen LogP contribution in [0.1, 0.15) is 25.8 Å². The Morgan fingerprint density at radius 2 is 2.35 bits per heavy atom. The molecule has 5 heteroatoms. The van der Waals surface area contributed by atoms with E-state index in [-0.39, 0.29) is 5.82 Å². The molecule has 2 N–H and O–H groups in total. The first kappa shape index (κ1) is 11.0. The second kappa shape index (κ2) is 3.70. The molecule has 1 aliphatic rings. The van der Waals surface area contributed by atoms with Crippen molar-refractivity contribution in [2.24, 2.45) is 5.92 Å². The van der Waals surface area contributed by atoms with E-state index in [0.29, 0.717) is 22.4 Å². The van der Waals surface area contributed by atoms with Crippen LogP contribution in [0.5, 0.6) is 0 Å². The molecule has 1 aromatic carbocycles. The Morgan fingerprint density at radius 3 is 3.00 bits per heavy atom. The SMILES string of the molecule is CCC1CC1n1c(N)nc2cc(Br)c(F)cc21. The van der Waals surface area contributed by atoms with Gasteiger partial charge in [0.15, 0.2) is 0 Å². The molecule has 0 aliphatic heterocycles. The number of rotatable bonds is 2. The first-order chi connectivity index (χ1) is 8.11. The molecule has 1 aliphatic carbocycles. The molecule has 90 valence electrons. The van der Waals surface area contributed by atoms with E-state index in [9.17, 15) is 4.39 Å². The summed E-state index contributed by atoms with van der Waals surface area (Å²) in [5.41, 5.74) is 7.47. The molecule has 2 atom stereocenters. The number of anilines is 1. The lowest BCUT2D eigenvalue weighted by Gasteiger charge is -2.05. The van der Waals surface area contributed by atoms with Gasteiger partial charge in [0.2, 0.25) is 5.95 Å². The fourth-order valence-corrected chi connectivity index (χ4v) is 2.78. The summed E-state index contributed by atoms with van der Waals surface area (Å²) in [5.74, 6) is 0.868. The van der Waals surface area contributed by atoms with Crippen LogP contribution in [-0.4, -0.2) is 9.55 Å². The summed E-state index contributed by atoms with van der Waals surface area (Å²) in [6, 6.07) is 3.58. The zero-order valence-corrected chi connectivity index (χ0v) is 11.0. The van der Waals surface area contributed by atoms with E-state index in [4.69, 9.17) is 5.73 Å². The van der Waals surface area contributed by atoms with Gasteiger partial charge in [0.1, 0.15) is 5.82 Å². The smallest absolute Gasteiger partial charge is 0.201 e. The normalized spacial score (nSPS) is 23.2. The van der Waals surface area contributed by atoms with Crippen LogP contribution in [0.2, 0.25) is 0 Å². The molecule has 3 rings (SSSR count). The summed E-state index contributed by atoms with van der Waals surface area (Å²) in [7, 11) is 0. The minimum Gasteiger partial charge on any atom is -0.369 e. The van der Waals surface area contributed by atoms with E-state index < -0.39 is 0 Å². The van der Waals surface area contributed by atoms with Crippen molar-refractivity contribution in [1.29, 1.82) is 0 Å². The lowest BCUT2D eigenvalue weighted by atomic mass is 10.3. The first-order valence-corrected chi connectivity index (χ1v) is 6.53. The van der Waals surface area contributed by atoms with Crippen LogP contribution in [0.25, 0.3) is 11.0 Å². The molecule has 0 saturated heterocycles. The van der Waals surface area contributed by atoms with E-state index >= 15 is 0 Å². The second-order valence-electron chi connectivity index (χ2n) is 4.57. The number of halogens is 2. The third-order valence-corrected chi connectivity index (χ3v) is 4.11. The highest BCUT2D eigenvalue weighted by atomic mass is 79.9. The predicted octanol–water partition coefficient (Wildman–Crippen LogP) is 3.49. The number of hydrogen-bond acceptors (Lipinski definition) is 2. The summed E-state index contributed by atoms with van der Waals surface area (Å²) in [4.78, 5) is 4.29. The lowest BCUT2D eigenvalue weighted by Crippen LogP contribution is -2.02. The van der Waals surface area contributed by atoms with Crippen LogP contribution < -0.4 is 5.73 Å². The number of hydrogen-bond donors (Lipinski definition) is 1. The Kier molecular flexibility index (Phi) is 2.40. The number of aromatic nitrogens is 2. The van der Waals surface area contributed by atoms with Gasteiger partial charge in [0.25, 0.3) is 0 Å². The Hall–Kier alpha value is -1.10. The molecule has 1 aromatic heterocycles. The standard InChI is InChI=1S/C12H13BrFN3/c1-2-6-3-10(6)17-11-5-8(14)7(13)4-9(11)16-12(17)15/h4-6,10H,2-3H2,1H3,(H2,15,16). The molecular weight excluding hydrogens is 285 g/mol. The van der Waals surface area contributed by atoms with Gasteiger partial charge < -0.3 is 10.3 Å². The molecule has 2 aromatic rings. The van der Waals surface area contributed by atoms with E-state index in [2.05, 4.69) is 27.8 Å². The fraction of sp³-hybridized carbons (Fsp3) is 0.417. The Bertz CT molecular complexity index is 593. The summed E-state index contributed by atoms with van der Waals surface area (Å²) in [6.07, 6.45) is 2.24. The largest absolute Gasteiger partial charge is 0.369 e. The molecule has 0 spiro atoms.